The fourth-order valence-electron chi connectivity index (χ4n) is 4.55. The van der Waals surface area contributed by atoms with Gasteiger partial charge in [-0.05, 0) is 66.2 Å². The molecule has 1 N–H and O–H groups in total. The van der Waals surface area contributed by atoms with Crippen molar-refractivity contribution in [1.82, 2.24) is 5.32 Å². The highest BCUT2D eigenvalue weighted by atomic mass is 32.1. The van der Waals surface area contributed by atoms with E-state index in [0.29, 0.717) is 16.8 Å². The van der Waals surface area contributed by atoms with E-state index in [2.05, 4.69) is 5.32 Å². The Morgan fingerprint density at radius 2 is 1.72 bits per heavy atom. The molecule has 2 amide bonds. The maximum absolute atomic E-state index is 13.8. The lowest BCUT2D eigenvalue weighted by Crippen LogP contribution is -2.47. The molecule has 0 saturated heterocycles. The average molecular weight is 509 g/mol. The third-order valence-corrected chi connectivity index (χ3v) is 7.26. The van der Waals surface area contributed by atoms with Gasteiger partial charge in [-0.3, -0.25) is 14.5 Å². The summed E-state index contributed by atoms with van der Waals surface area (Å²) < 4.78 is 18.6. The molecule has 1 fully saturated rings. The number of halogens is 1. The first-order valence-electron chi connectivity index (χ1n) is 12.0. The number of nitrogens with zero attached hydrogens (tertiary/aromatic N) is 1. The van der Waals surface area contributed by atoms with Crippen molar-refractivity contribution in [2.24, 2.45) is 0 Å². The van der Waals surface area contributed by atoms with Crippen LogP contribution in [0, 0.1) is 5.82 Å². The number of amides is 2. The number of esters is 1. The molecule has 1 heterocycles. The van der Waals surface area contributed by atoms with Crippen LogP contribution < -0.4 is 10.2 Å². The molecule has 0 bridgehead atoms. The number of ether oxygens (including phenoxy) is 1. The van der Waals surface area contributed by atoms with Gasteiger partial charge in [-0.1, -0.05) is 37.5 Å². The number of benzene rings is 2. The number of hydrogen-bond donors (Lipinski definition) is 1. The molecule has 2 aromatic carbocycles. The monoisotopic (exact) mass is 508 g/mol. The van der Waals surface area contributed by atoms with Crippen molar-refractivity contribution in [1.29, 1.82) is 0 Å². The maximum atomic E-state index is 13.8. The summed E-state index contributed by atoms with van der Waals surface area (Å²) in [5, 5.41) is 5.04. The van der Waals surface area contributed by atoms with Crippen LogP contribution in [0.4, 0.5) is 10.1 Å². The summed E-state index contributed by atoms with van der Waals surface area (Å²) in [6, 6.07) is 14.8. The van der Waals surface area contributed by atoms with Gasteiger partial charge >= 0.3 is 5.97 Å². The van der Waals surface area contributed by atoms with Crippen molar-refractivity contribution >= 4 is 34.8 Å². The van der Waals surface area contributed by atoms with Crippen LogP contribution in [0.15, 0.2) is 66.0 Å². The number of thiophene rings is 1. The number of anilines is 1. The summed E-state index contributed by atoms with van der Waals surface area (Å²) in [7, 11) is 1.30. The van der Waals surface area contributed by atoms with Crippen LogP contribution in [0.25, 0.3) is 0 Å². The van der Waals surface area contributed by atoms with Gasteiger partial charge in [0.25, 0.3) is 0 Å². The van der Waals surface area contributed by atoms with Gasteiger partial charge < -0.3 is 10.1 Å². The molecule has 6 nitrogen and oxygen atoms in total. The summed E-state index contributed by atoms with van der Waals surface area (Å²) >= 11 is 1.46. The van der Waals surface area contributed by atoms with E-state index in [1.807, 2.05) is 17.5 Å². The number of methoxy groups -OCH3 is 1. The zero-order chi connectivity index (χ0) is 25.5. The van der Waals surface area contributed by atoms with Crippen LogP contribution in [0.2, 0.25) is 0 Å². The van der Waals surface area contributed by atoms with Crippen molar-refractivity contribution in [3.05, 3.63) is 87.9 Å². The van der Waals surface area contributed by atoms with Crippen molar-refractivity contribution in [3.63, 3.8) is 0 Å². The molecule has 0 radical (unpaired) electrons. The van der Waals surface area contributed by atoms with E-state index in [9.17, 15) is 18.8 Å². The topological polar surface area (TPSA) is 75.7 Å². The molecule has 0 unspecified atom stereocenters. The predicted octanol–water partition coefficient (Wildman–Crippen LogP) is 5.44. The summed E-state index contributed by atoms with van der Waals surface area (Å²) in [5.74, 6) is -1.52. The molecule has 1 aliphatic rings. The number of hydrogen-bond acceptors (Lipinski definition) is 5. The van der Waals surface area contributed by atoms with E-state index in [4.69, 9.17) is 4.74 Å². The molecule has 36 heavy (non-hydrogen) atoms. The number of nitrogens with one attached hydrogen (secondary N) is 1. The second-order valence-corrected chi connectivity index (χ2v) is 9.89. The SMILES string of the molecule is COC(=O)c1ccc([C@@H](C(=O)NC2CCCCC2)N(C(=O)Cc2cccs2)c2ccc(F)cc2)cc1. The van der Waals surface area contributed by atoms with E-state index >= 15 is 0 Å². The smallest absolute Gasteiger partial charge is 0.337 e. The molecule has 4 rings (SSSR count). The normalized spacial score (nSPS) is 14.6. The third kappa shape index (κ3) is 6.18. The molecule has 8 heteroatoms. The zero-order valence-corrected chi connectivity index (χ0v) is 20.9. The van der Waals surface area contributed by atoms with Gasteiger partial charge in [0.05, 0.1) is 19.1 Å². The van der Waals surface area contributed by atoms with E-state index < -0.39 is 17.8 Å². The quantitative estimate of drug-likeness (QED) is 0.411. The molecule has 1 aliphatic carbocycles. The summed E-state index contributed by atoms with van der Waals surface area (Å²) in [6.07, 6.45) is 5.11. The molecule has 188 valence electrons. The summed E-state index contributed by atoms with van der Waals surface area (Å²) in [5.41, 5.74) is 1.30. The van der Waals surface area contributed by atoms with Gasteiger partial charge in [0.2, 0.25) is 11.8 Å². The van der Waals surface area contributed by atoms with Crippen LogP contribution in [-0.2, 0) is 20.7 Å². The Morgan fingerprint density at radius 3 is 2.33 bits per heavy atom. The fourth-order valence-corrected chi connectivity index (χ4v) is 5.25. The third-order valence-electron chi connectivity index (χ3n) is 6.38. The Bertz CT molecular complexity index is 1170. The Balaban J connectivity index is 1.75. The van der Waals surface area contributed by atoms with Crippen molar-refractivity contribution in [2.75, 3.05) is 12.0 Å². The number of carbonyl (C=O) groups excluding carboxylic acids is 3. The van der Waals surface area contributed by atoms with E-state index in [0.717, 1.165) is 37.0 Å². The second-order valence-electron chi connectivity index (χ2n) is 8.86. The van der Waals surface area contributed by atoms with Gasteiger partial charge in [-0.15, -0.1) is 11.3 Å². The maximum Gasteiger partial charge on any atom is 0.337 e. The van der Waals surface area contributed by atoms with Crippen LogP contribution >= 0.6 is 11.3 Å². The Kier molecular flexibility index (Phi) is 8.48. The minimum absolute atomic E-state index is 0.0329. The molecule has 3 aromatic rings. The highest BCUT2D eigenvalue weighted by Crippen LogP contribution is 2.31. The Labute approximate surface area is 214 Å². The van der Waals surface area contributed by atoms with Crippen LogP contribution in [0.1, 0.15) is 58.9 Å². The molecule has 1 saturated carbocycles. The van der Waals surface area contributed by atoms with Crippen molar-refractivity contribution < 1.29 is 23.5 Å². The van der Waals surface area contributed by atoms with Gasteiger partial charge in [-0.25, -0.2) is 9.18 Å². The Hall–Kier alpha value is -3.52. The Morgan fingerprint density at radius 1 is 1.03 bits per heavy atom. The first-order chi connectivity index (χ1) is 17.5. The molecule has 0 spiro atoms. The van der Waals surface area contributed by atoms with Crippen molar-refractivity contribution in [2.45, 2.75) is 50.6 Å². The van der Waals surface area contributed by atoms with Gasteiger partial charge in [0.15, 0.2) is 0 Å². The minimum Gasteiger partial charge on any atom is -0.465 e. The zero-order valence-electron chi connectivity index (χ0n) is 20.1. The summed E-state index contributed by atoms with van der Waals surface area (Å²) in [6.45, 7) is 0. The molecule has 0 aliphatic heterocycles. The lowest BCUT2D eigenvalue weighted by molar-refractivity contribution is -0.127. The van der Waals surface area contributed by atoms with E-state index in [1.165, 1.54) is 47.6 Å². The van der Waals surface area contributed by atoms with Crippen LogP contribution in [-0.4, -0.2) is 30.9 Å². The van der Waals surface area contributed by atoms with Gasteiger partial charge in [0.1, 0.15) is 11.9 Å². The number of rotatable bonds is 8. The second kappa shape index (κ2) is 11.9. The number of carbonyl (C=O) groups is 3. The lowest BCUT2D eigenvalue weighted by Gasteiger charge is -2.33. The average Bonchev–Trinajstić information content (AvgIpc) is 3.41. The van der Waals surface area contributed by atoms with Gasteiger partial charge in [0, 0.05) is 16.6 Å². The molecule has 1 aromatic heterocycles. The first kappa shape index (κ1) is 25.6. The largest absolute Gasteiger partial charge is 0.465 e. The highest BCUT2D eigenvalue weighted by Gasteiger charge is 2.34. The lowest BCUT2D eigenvalue weighted by atomic mass is 9.94. The minimum atomic E-state index is -1.00. The van der Waals surface area contributed by atoms with Crippen LogP contribution in [0.5, 0.6) is 0 Å². The highest BCUT2D eigenvalue weighted by molar-refractivity contribution is 7.10. The van der Waals surface area contributed by atoms with Gasteiger partial charge in [-0.2, -0.15) is 0 Å². The molecular weight excluding hydrogens is 479 g/mol. The van der Waals surface area contributed by atoms with Crippen molar-refractivity contribution in [3.8, 4) is 0 Å². The summed E-state index contributed by atoms with van der Waals surface area (Å²) in [4.78, 5) is 41.8. The van der Waals surface area contributed by atoms with Crippen LogP contribution in [0.3, 0.4) is 0 Å². The first-order valence-corrected chi connectivity index (χ1v) is 12.9. The van der Waals surface area contributed by atoms with E-state index in [-0.39, 0.29) is 24.3 Å². The predicted molar refractivity (Wildman–Crippen MR) is 137 cm³/mol. The standard InChI is InChI=1S/C28H29FN2O4S/c1-35-28(34)20-11-9-19(10-12-20)26(27(33)30-22-6-3-2-4-7-22)31(23-15-13-21(29)14-16-23)25(32)18-24-8-5-17-36-24/h5,8-17,22,26H,2-4,6-7,18H2,1H3,(H,30,33)/t26-/m0/s1. The van der Waals surface area contributed by atoms with E-state index in [1.54, 1.807) is 24.3 Å². The fraction of sp³-hybridized carbons (Fsp3) is 0.321. The molecular formula is C28H29FN2O4S. The molecule has 1 atom stereocenters.